The van der Waals surface area contributed by atoms with Crippen LogP contribution in [-0.2, 0) is 0 Å². The molecule has 1 saturated carbocycles. The lowest BCUT2D eigenvalue weighted by molar-refractivity contribution is 0.326. The summed E-state index contributed by atoms with van der Waals surface area (Å²) in [5.41, 5.74) is 5.16. The van der Waals surface area contributed by atoms with Gasteiger partial charge < -0.3 is 5.73 Å². The van der Waals surface area contributed by atoms with Gasteiger partial charge in [-0.2, -0.15) is 9.89 Å². The van der Waals surface area contributed by atoms with Gasteiger partial charge in [-0.3, -0.25) is 4.57 Å². The molecule has 1 aromatic heterocycles. The number of nitrogens with zero attached hydrogens (tertiary/aromatic N) is 3. The first-order valence-electron chi connectivity index (χ1n) is 6.18. The lowest BCUT2D eigenvalue weighted by Crippen LogP contribution is -2.29. The van der Waals surface area contributed by atoms with Gasteiger partial charge in [0.15, 0.2) is 0 Å². The Hall–Kier alpha value is -1.72. The maximum atomic E-state index is 11.8. The van der Waals surface area contributed by atoms with Crippen molar-refractivity contribution in [3.63, 3.8) is 0 Å². The fraction of sp³-hybridized carbons (Fsp3) is 0.667. The van der Waals surface area contributed by atoms with Gasteiger partial charge in [-0.15, -0.1) is 0 Å². The zero-order valence-corrected chi connectivity index (χ0v) is 10.6. The lowest BCUT2D eigenvalue weighted by atomic mass is 9.92. The summed E-state index contributed by atoms with van der Waals surface area (Å²) in [6, 6.07) is 1.71. The highest BCUT2D eigenvalue weighted by Crippen LogP contribution is 2.43. The molecule has 4 atom stereocenters. The molecule has 4 unspecified atom stereocenters. The Balaban J connectivity index is 2.29. The van der Waals surface area contributed by atoms with E-state index >= 15 is 0 Å². The van der Waals surface area contributed by atoms with E-state index in [1.807, 2.05) is 0 Å². The average molecular weight is 250 g/mol. The molecule has 0 aliphatic heterocycles. The number of hydrogen-bond acceptors (Lipinski definition) is 5. The average Bonchev–Trinajstić information content (AvgIpc) is 2.58. The van der Waals surface area contributed by atoms with Crippen molar-refractivity contribution >= 4 is 5.82 Å². The van der Waals surface area contributed by atoms with Crippen molar-refractivity contribution < 1.29 is 0 Å². The van der Waals surface area contributed by atoms with Crippen molar-refractivity contribution in [2.75, 3.05) is 12.3 Å². The highest BCUT2D eigenvalue weighted by atomic mass is 16.3. The quantitative estimate of drug-likeness (QED) is 0.821. The van der Waals surface area contributed by atoms with Gasteiger partial charge in [-0.1, -0.05) is 19.0 Å². The van der Waals surface area contributed by atoms with Crippen molar-refractivity contribution in [2.45, 2.75) is 26.3 Å². The SMILES string of the molecule is CC1C(CN=O)CC(n2ccc(N)nc2=O)C1C. The Labute approximate surface area is 105 Å². The molecule has 1 heterocycles. The van der Waals surface area contributed by atoms with Crippen LogP contribution >= 0.6 is 0 Å². The monoisotopic (exact) mass is 250 g/mol. The van der Waals surface area contributed by atoms with Crippen LogP contribution in [0.1, 0.15) is 26.3 Å². The van der Waals surface area contributed by atoms with E-state index in [4.69, 9.17) is 5.73 Å². The molecule has 0 spiro atoms. The van der Waals surface area contributed by atoms with Gasteiger partial charge in [0, 0.05) is 12.2 Å². The van der Waals surface area contributed by atoms with Gasteiger partial charge in [-0.25, -0.2) is 4.79 Å². The molecule has 2 rings (SSSR count). The molecule has 18 heavy (non-hydrogen) atoms. The molecule has 1 aromatic rings. The highest BCUT2D eigenvalue weighted by Gasteiger charge is 2.39. The number of nitrogens with two attached hydrogens (primary N) is 1. The van der Waals surface area contributed by atoms with Gasteiger partial charge in [0.2, 0.25) is 0 Å². The van der Waals surface area contributed by atoms with E-state index < -0.39 is 0 Å². The van der Waals surface area contributed by atoms with Crippen LogP contribution in [-0.4, -0.2) is 16.1 Å². The summed E-state index contributed by atoms with van der Waals surface area (Å²) in [7, 11) is 0. The summed E-state index contributed by atoms with van der Waals surface area (Å²) in [6.07, 6.45) is 2.48. The first-order chi connectivity index (χ1) is 8.54. The number of nitrogen functional groups attached to an aromatic ring is 1. The largest absolute Gasteiger partial charge is 0.383 e. The van der Waals surface area contributed by atoms with Crippen LogP contribution in [0.4, 0.5) is 5.82 Å². The van der Waals surface area contributed by atoms with Crippen molar-refractivity contribution in [3.05, 3.63) is 27.7 Å². The molecule has 0 bridgehead atoms. The number of hydrogen-bond donors (Lipinski definition) is 1. The maximum absolute atomic E-state index is 11.8. The van der Waals surface area contributed by atoms with Crippen LogP contribution in [0.15, 0.2) is 22.2 Å². The Bertz CT molecular complexity index is 499. The summed E-state index contributed by atoms with van der Waals surface area (Å²) in [5, 5.41) is 2.99. The Morgan fingerprint density at radius 1 is 1.50 bits per heavy atom. The Morgan fingerprint density at radius 2 is 2.22 bits per heavy atom. The van der Waals surface area contributed by atoms with E-state index in [0.717, 1.165) is 6.42 Å². The van der Waals surface area contributed by atoms with E-state index in [1.165, 1.54) is 0 Å². The molecule has 0 saturated heterocycles. The Kier molecular flexibility index (Phi) is 3.45. The van der Waals surface area contributed by atoms with Gasteiger partial charge in [0.25, 0.3) is 0 Å². The minimum absolute atomic E-state index is 0.0762. The normalized spacial score (nSPS) is 31.4. The minimum Gasteiger partial charge on any atom is -0.383 e. The van der Waals surface area contributed by atoms with Crippen LogP contribution in [0.2, 0.25) is 0 Å². The predicted molar refractivity (Wildman–Crippen MR) is 69.0 cm³/mol. The minimum atomic E-state index is -0.321. The fourth-order valence-electron chi connectivity index (χ4n) is 2.90. The molecule has 0 aromatic carbocycles. The topological polar surface area (TPSA) is 90.3 Å². The third-order valence-corrected chi connectivity index (χ3v) is 4.24. The highest BCUT2D eigenvalue weighted by molar-refractivity contribution is 5.23. The molecule has 6 heteroatoms. The number of rotatable bonds is 3. The van der Waals surface area contributed by atoms with Crippen LogP contribution in [0.5, 0.6) is 0 Å². The maximum Gasteiger partial charge on any atom is 0.349 e. The van der Waals surface area contributed by atoms with E-state index in [0.29, 0.717) is 18.4 Å². The summed E-state index contributed by atoms with van der Waals surface area (Å²) >= 11 is 0. The van der Waals surface area contributed by atoms with Gasteiger partial charge in [-0.05, 0) is 30.2 Å². The standard InChI is InChI=1S/C12H18N4O2/c1-7-8(2)10(5-9(7)6-14-18)16-4-3-11(13)15-12(16)17/h3-4,7-10H,5-6H2,1-2H3,(H2,13,15,17). The number of nitroso groups, excluding NO2 is 1. The number of aromatic nitrogens is 2. The fourth-order valence-corrected chi connectivity index (χ4v) is 2.90. The molecular weight excluding hydrogens is 232 g/mol. The van der Waals surface area contributed by atoms with Gasteiger partial charge in [0.1, 0.15) is 5.82 Å². The second kappa shape index (κ2) is 4.88. The van der Waals surface area contributed by atoms with E-state index in [1.54, 1.807) is 16.8 Å². The van der Waals surface area contributed by atoms with Crippen LogP contribution in [0, 0.1) is 22.7 Å². The van der Waals surface area contributed by atoms with Gasteiger partial charge >= 0.3 is 5.69 Å². The summed E-state index contributed by atoms with van der Waals surface area (Å²) in [4.78, 5) is 26.0. The number of anilines is 1. The molecule has 1 aliphatic rings. The molecule has 1 aliphatic carbocycles. The first-order valence-corrected chi connectivity index (χ1v) is 6.18. The van der Waals surface area contributed by atoms with Crippen LogP contribution in [0.3, 0.4) is 0 Å². The predicted octanol–water partition coefficient (Wildman–Crippen LogP) is 1.43. The van der Waals surface area contributed by atoms with Crippen molar-refractivity contribution in [2.24, 2.45) is 22.9 Å². The van der Waals surface area contributed by atoms with Crippen molar-refractivity contribution in [3.8, 4) is 0 Å². The molecule has 6 nitrogen and oxygen atoms in total. The Morgan fingerprint density at radius 3 is 2.83 bits per heavy atom. The van der Waals surface area contributed by atoms with Gasteiger partial charge in [0.05, 0.1) is 6.54 Å². The first kappa shape index (κ1) is 12.7. The molecule has 0 radical (unpaired) electrons. The van der Waals surface area contributed by atoms with E-state index in [9.17, 15) is 9.70 Å². The van der Waals surface area contributed by atoms with Crippen LogP contribution < -0.4 is 11.4 Å². The van der Waals surface area contributed by atoms with E-state index in [2.05, 4.69) is 24.0 Å². The molecular formula is C12H18N4O2. The summed E-state index contributed by atoms with van der Waals surface area (Å²) in [5.74, 6) is 1.17. The lowest BCUT2D eigenvalue weighted by Gasteiger charge is -2.20. The van der Waals surface area contributed by atoms with E-state index in [-0.39, 0.29) is 23.5 Å². The third-order valence-electron chi connectivity index (χ3n) is 4.24. The third kappa shape index (κ3) is 2.14. The molecule has 2 N–H and O–H groups in total. The summed E-state index contributed by atoms with van der Waals surface area (Å²) < 4.78 is 1.63. The van der Waals surface area contributed by atoms with Crippen molar-refractivity contribution in [1.29, 1.82) is 0 Å². The zero-order chi connectivity index (χ0) is 13.3. The molecule has 1 fully saturated rings. The molecule has 98 valence electrons. The molecule has 0 amide bonds. The van der Waals surface area contributed by atoms with Crippen molar-refractivity contribution in [1.82, 2.24) is 9.55 Å². The second-order valence-corrected chi connectivity index (χ2v) is 5.14. The second-order valence-electron chi connectivity index (χ2n) is 5.14. The smallest absolute Gasteiger partial charge is 0.349 e. The van der Waals surface area contributed by atoms with Crippen LogP contribution in [0.25, 0.3) is 0 Å². The zero-order valence-electron chi connectivity index (χ0n) is 10.6. The summed E-state index contributed by atoms with van der Waals surface area (Å²) in [6.45, 7) is 4.53.